The van der Waals surface area contributed by atoms with E-state index in [2.05, 4.69) is 25.3 Å². The predicted octanol–water partition coefficient (Wildman–Crippen LogP) is 2.58. The minimum atomic E-state index is 0.256. The van der Waals surface area contributed by atoms with Gasteiger partial charge in [-0.15, -0.1) is 0 Å². The maximum Gasteiger partial charge on any atom is 0.203 e. The van der Waals surface area contributed by atoms with Crippen molar-refractivity contribution in [1.29, 1.82) is 0 Å². The van der Waals surface area contributed by atoms with E-state index < -0.39 is 0 Å². The molecule has 0 amide bonds. The Morgan fingerprint density at radius 3 is 2.53 bits per heavy atom. The average molecular weight is 261 g/mol. The molecule has 0 aromatic rings. The van der Waals surface area contributed by atoms with Crippen LogP contribution in [-0.2, 0) is 4.79 Å². The summed E-state index contributed by atoms with van der Waals surface area (Å²) in [5, 5.41) is 0. The lowest BCUT2D eigenvalue weighted by molar-refractivity contribution is -0.497. The van der Waals surface area contributed by atoms with Crippen LogP contribution in [0.1, 0.15) is 40.0 Å². The highest BCUT2D eigenvalue weighted by Crippen LogP contribution is 2.35. The number of ketones is 1. The summed E-state index contributed by atoms with van der Waals surface area (Å²) >= 11 is 0. The summed E-state index contributed by atoms with van der Waals surface area (Å²) in [5.74, 6) is 0.680. The number of carbonyl (C=O) groups excluding carboxylic acids is 1. The van der Waals surface area contributed by atoms with Gasteiger partial charge >= 0.3 is 0 Å². The van der Waals surface area contributed by atoms with Gasteiger partial charge in [0.1, 0.15) is 6.54 Å². The Morgan fingerprint density at radius 2 is 2.00 bits per heavy atom. The van der Waals surface area contributed by atoms with Crippen molar-refractivity contribution in [3.63, 3.8) is 0 Å². The summed E-state index contributed by atoms with van der Waals surface area (Å²) in [6.07, 6.45) is 4.99. The molecule has 0 aromatic heterocycles. The molecule has 0 unspecified atom stereocenters. The Balaban J connectivity index is 2.34. The third-order valence-electron chi connectivity index (χ3n) is 3.72. The average Bonchev–Trinajstić information content (AvgIpc) is 2.29. The Kier molecular flexibility index (Phi) is 3.93. The molecule has 0 radical (unpaired) electrons. The van der Waals surface area contributed by atoms with Crippen molar-refractivity contribution in [3.8, 4) is 0 Å². The molecule has 1 aliphatic heterocycles. The largest absolute Gasteiger partial charge is 0.383 e. The van der Waals surface area contributed by atoms with Gasteiger partial charge in [-0.3, -0.25) is 4.79 Å². The number of hydrogen-bond acceptors (Lipinski definition) is 2. The van der Waals surface area contributed by atoms with Crippen molar-refractivity contribution in [2.45, 2.75) is 40.0 Å². The molecule has 1 fully saturated rings. The van der Waals surface area contributed by atoms with E-state index in [-0.39, 0.29) is 5.78 Å². The van der Waals surface area contributed by atoms with Gasteiger partial charge in [0.15, 0.2) is 11.3 Å². The van der Waals surface area contributed by atoms with E-state index in [0.717, 1.165) is 37.0 Å². The second kappa shape index (κ2) is 5.32. The lowest BCUT2D eigenvalue weighted by atomic mass is 9.79. The van der Waals surface area contributed by atoms with Crippen LogP contribution >= 0.6 is 0 Å². The Labute approximate surface area is 116 Å². The summed E-state index contributed by atoms with van der Waals surface area (Å²) in [6.45, 7) is 7.60. The van der Waals surface area contributed by atoms with E-state index >= 15 is 0 Å². The van der Waals surface area contributed by atoms with Gasteiger partial charge in [0.05, 0.1) is 0 Å². The highest BCUT2D eigenvalue weighted by Gasteiger charge is 2.46. The Hall–Kier alpha value is -1.38. The minimum Gasteiger partial charge on any atom is -0.383 e. The molecular formula is C16H25N2O+. The zero-order chi connectivity index (χ0) is 14.2. The number of hydrogen-bond donors (Lipinski definition) is 0. The summed E-state index contributed by atoms with van der Waals surface area (Å²) in [6, 6.07) is 0. The quantitative estimate of drug-likeness (QED) is 0.573. The lowest BCUT2D eigenvalue weighted by Gasteiger charge is -2.29. The second-order valence-electron chi connectivity index (χ2n) is 5.96. The van der Waals surface area contributed by atoms with Crippen molar-refractivity contribution < 1.29 is 9.37 Å². The van der Waals surface area contributed by atoms with E-state index in [1.54, 1.807) is 0 Å². The van der Waals surface area contributed by atoms with E-state index in [1.807, 2.05) is 25.2 Å². The maximum absolute atomic E-state index is 12.6. The number of carbonyl (C=O) groups is 1. The SMILES string of the molecule is CCC[N+]1=C2CCC(=CN(C)C)C(=O)C2=C1C(C)C. The molecule has 1 aliphatic carbocycles. The highest BCUT2D eigenvalue weighted by molar-refractivity contribution is 6.30. The summed E-state index contributed by atoms with van der Waals surface area (Å²) in [4.78, 5) is 14.6. The smallest absolute Gasteiger partial charge is 0.203 e. The van der Waals surface area contributed by atoms with Gasteiger partial charge in [0.25, 0.3) is 0 Å². The van der Waals surface area contributed by atoms with Gasteiger partial charge in [-0.25, -0.2) is 0 Å². The standard InChI is InChI=1S/C16H25N2O/c1-6-9-18-13-8-7-12(10-17(4)5)16(19)14(13)15(18)11(2)3/h10-11H,6-9H2,1-5H3/q+1. The normalized spacial score (nSPS) is 21.2. The van der Waals surface area contributed by atoms with Crippen LogP contribution in [0.3, 0.4) is 0 Å². The number of Topliss-reactive ketones (excluding diaryl/α,β-unsaturated/α-hetero) is 1. The zero-order valence-corrected chi connectivity index (χ0v) is 12.8. The maximum atomic E-state index is 12.6. The molecule has 3 nitrogen and oxygen atoms in total. The molecule has 104 valence electrons. The molecule has 0 N–H and O–H groups in total. The molecule has 0 atom stereocenters. The molecule has 0 saturated heterocycles. The fraction of sp³-hybridized carbons (Fsp3) is 0.625. The third kappa shape index (κ3) is 2.38. The highest BCUT2D eigenvalue weighted by atomic mass is 16.1. The van der Waals surface area contributed by atoms with Gasteiger partial charge in [-0.1, -0.05) is 20.8 Å². The van der Waals surface area contributed by atoms with Gasteiger partial charge in [0.2, 0.25) is 11.5 Å². The molecule has 1 heterocycles. The second-order valence-corrected chi connectivity index (χ2v) is 5.96. The van der Waals surface area contributed by atoms with Gasteiger partial charge in [-0.05, 0) is 6.42 Å². The van der Waals surface area contributed by atoms with Crippen molar-refractivity contribution in [2.75, 3.05) is 20.6 Å². The molecule has 0 aromatic carbocycles. The molecule has 0 bridgehead atoms. The fourth-order valence-corrected chi connectivity index (χ4v) is 3.06. The Morgan fingerprint density at radius 1 is 1.32 bits per heavy atom. The number of allylic oxidation sites excluding steroid dienone is 3. The van der Waals surface area contributed by atoms with Gasteiger partial charge < -0.3 is 4.90 Å². The summed E-state index contributed by atoms with van der Waals surface area (Å²) < 4.78 is 2.38. The first-order chi connectivity index (χ1) is 8.97. The van der Waals surface area contributed by atoms with Crippen LogP contribution in [0, 0.1) is 5.92 Å². The molecule has 19 heavy (non-hydrogen) atoms. The predicted molar refractivity (Wildman–Crippen MR) is 78.3 cm³/mol. The van der Waals surface area contributed by atoms with E-state index in [9.17, 15) is 4.79 Å². The van der Waals surface area contributed by atoms with Crippen molar-refractivity contribution in [2.24, 2.45) is 5.92 Å². The molecule has 2 aliphatic rings. The summed E-state index contributed by atoms with van der Waals surface area (Å²) in [7, 11) is 3.95. The zero-order valence-electron chi connectivity index (χ0n) is 12.8. The first kappa shape index (κ1) is 14.0. The summed E-state index contributed by atoms with van der Waals surface area (Å²) in [5.41, 5.74) is 4.51. The van der Waals surface area contributed by atoms with Crippen LogP contribution < -0.4 is 0 Å². The molecule has 0 spiro atoms. The topological polar surface area (TPSA) is 23.3 Å². The first-order valence-electron chi connectivity index (χ1n) is 7.27. The van der Waals surface area contributed by atoms with E-state index in [0.29, 0.717) is 5.92 Å². The van der Waals surface area contributed by atoms with Crippen molar-refractivity contribution in [3.05, 3.63) is 23.0 Å². The number of nitrogens with zero attached hydrogens (tertiary/aromatic N) is 2. The molecule has 3 heteroatoms. The first-order valence-corrected chi connectivity index (χ1v) is 7.27. The van der Waals surface area contributed by atoms with Gasteiger partial charge in [0, 0.05) is 44.6 Å². The fourth-order valence-electron chi connectivity index (χ4n) is 3.06. The van der Waals surface area contributed by atoms with Crippen LogP contribution in [0.4, 0.5) is 0 Å². The van der Waals surface area contributed by atoms with Crippen LogP contribution in [0.25, 0.3) is 0 Å². The monoisotopic (exact) mass is 261 g/mol. The third-order valence-corrected chi connectivity index (χ3v) is 3.72. The molecular weight excluding hydrogens is 236 g/mol. The van der Waals surface area contributed by atoms with Crippen LogP contribution in [-0.4, -0.2) is 41.6 Å². The van der Waals surface area contributed by atoms with Crippen LogP contribution in [0.15, 0.2) is 23.0 Å². The van der Waals surface area contributed by atoms with Gasteiger partial charge in [-0.2, -0.15) is 4.58 Å². The van der Waals surface area contributed by atoms with E-state index in [1.165, 1.54) is 11.4 Å². The van der Waals surface area contributed by atoms with Crippen LogP contribution in [0.5, 0.6) is 0 Å². The molecule has 1 saturated carbocycles. The van der Waals surface area contributed by atoms with Crippen molar-refractivity contribution >= 4 is 11.5 Å². The lowest BCUT2D eigenvalue weighted by Crippen LogP contribution is -2.43. The van der Waals surface area contributed by atoms with Crippen LogP contribution in [0.2, 0.25) is 0 Å². The number of fused-ring (bicyclic) bond motifs is 1. The molecule has 2 rings (SSSR count). The van der Waals surface area contributed by atoms with E-state index in [4.69, 9.17) is 0 Å². The number of rotatable bonds is 4. The minimum absolute atomic E-state index is 0.256. The van der Waals surface area contributed by atoms with Crippen molar-refractivity contribution in [1.82, 2.24) is 4.90 Å². The Bertz CT molecular complexity index is 493.